The molecule has 3 amide bonds. The zero-order chi connectivity index (χ0) is 22.3. The number of nitrogens with one attached hydrogen (secondary N) is 1. The fourth-order valence-electron chi connectivity index (χ4n) is 5.08. The van der Waals surface area contributed by atoms with Gasteiger partial charge in [0.15, 0.2) is 0 Å². The zero-order valence-corrected chi connectivity index (χ0v) is 18.3. The summed E-state index contributed by atoms with van der Waals surface area (Å²) in [6.45, 7) is 4.18. The van der Waals surface area contributed by atoms with Crippen LogP contribution in [0.25, 0.3) is 0 Å². The normalized spacial score (nSPS) is 23.3. The molecule has 0 saturated carbocycles. The Morgan fingerprint density at radius 1 is 1.19 bits per heavy atom. The third-order valence-electron chi connectivity index (χ3n) is 6.95. The smallest absolute Gasteiger partial charge is 0.317 e. The average molecular weight is 431 g/mol. The van der Waals surface area contributed by atoms with Gasteiger partial charge in [-0.25, -0.2) is 4.79 Å². The summed E-state index contributed by atoms with van der Waals surface area (Å²) in [5.74, 6) is 0.249. The lowest BCUT2D eigenvalue weighted by Gasteiger charge is -2.44. The lowest BCUT2D eigenvalue weighted by atomic mass is 9.85. The van der Waals surface area contributed by atoms with Crippen molar-refractivity contribution in [2.24, 2.45) is 0 Å². The van der Waals surface area contributed by atoms with Gasteiger partial charge >= 0.3 is 6.03 Å². The topological polar surface area (TPSA) is 93.2 Å². The number of benzene rings is 1. The summed E-state index contributed by atoms with van der Waals surface area (Å²) in [6, 6.07) is 10.8. The van der Waals surface area contributed by atoms with Crippen molar-refractivity contribution in [1.29, 1.82) is 0 Å². The monoisotopic (exact) mass is 430 g/mol. The molecule has 0 aromatic heterocycles. The minimum atomic E-state index is -0.250. The standard InChI is InChI=1S/C22H32N4O2.CH2O2/c1-24-20(27)9-10-22(24)11-14-26(15-12-22)21(28)23-19-8-5-13-25(17-19)16-18-6-3-2-4-7-18;2-1-3/h2-4,6-7,19H,5,8-17H2,1H3,(H,23,28);1H,(H,2,3)/t19-;/m0./s1. The predicted octanol–water partition coefficient (Wildman–Crippen LogP) is 2.15. The van der Waals surface area contributed by atoms with Crippen LogP contribution in [0.4, 0.5) is 4.79 Å². The molecule has 0 radical (unpaired) electrons. The van der Waals surface area contributed by atoms with Crippen LogP contribution in [0.2, 0.25) is 0 Å². The molecule has 3 fully saturated rings. The Bertz CT molecular complexity index is 749. The van der Waals surface area contributed by atoms with Gasteiger partial charge in [0.25, 0.3) is 6.47 Å². The highest BCUT2D eigenvalue weighted by atomic mass is 16.3. The molecule has 3 saturated heterocycles. The van der Waals surface area contributed by atoms with Crippen molar-refractivity contribution in [2.45, 2.75) is 56.7 Å². The van der Waals surface area contributed by atoms with Gasteiger partial charge in [-0.3, -0.25) is 14.5 Å². The van der Waals surface area contributed by atoms with Crippen molar-refractivity contribution in [2.75, 3.05) is 33.2 Å². The second-order valence-corrected chi connectivity index (χ2v) is 8.78. The molecule has 1 aromatic carbocycles. The third-order valence-corrected chi connectivity index (χ3v) is 6.95. The van der Waals surface area contributed by atoms with Crippen LogP contribution in [-0.2, 0) is 16.1 Å². The lowest BCUT2D eigenvalue weighted by Crippen LogP contribution is -2.56. The Kier molecular flexibility index (Phi) is 7.90. The van der Waals surface area contributed by atoms with Gasteiger partial charge < -0.3 is 20.2 Å². The highest BCUT2D eigenvalue weighted by Gasteiger charge is 2.45. The first kappa shape index (κ1) is 23.1. The lowest BCUT2D eigenvalue weighted by molar-refractivity contribution is -0.130. The van der Waals surface area contributed by atoms with Gasteiger partial charge in [0, 0.05) is 51.2 Å². The quantitative estimate of drug-likeness (QED) is 0.717. The first-order valence-electron chi connectivity index (χ1n) is 11.1. The molecule has 1 atom stereocenters. The third kappa shape index (κ3) is 5.76. The maximum Gasteiger partial charge on any atom is 0.317 e. The van der Waals surface area contributed by atoms with E-state index >= 15 is 0 Å². The molecule has 1 spiro atoms. The van der Waals surface area contributed by atoms with Crippen molar-refractivity contribution >= 4 is 18.4 Å². The molecule has 8 nitrogen and oxygen atoms in total. The SMILES string of the molecule is CN1C(=O)CCC12CCN(C(=O)N[C@H]1CCCN(Cc3ccccc3)C1)CC2.O=CO. The summed E-state index contributed by atoms with van der Waals surface area (Å²) in [5, 5.41) is 10.2. The molecule has 0 unspecified atom stereocenters. The van der Waals surface area contributed by atoms with Gasteiger partial charge in [0.2, 0.25) is 5.91 Å². The van der Waals surface area contributed by atoms with E-state index in [0.29, 0.717) is 6.42 Å². The molecule has 0 bridgehead atoms. The largest absolute Gasteiger partial charge is 0.483 e. The summed E-state index contributed by atoms with van der Waals surface area (Å²) in [5.41, 5.74) is 1.32. The number of urea groups is 1. The predicted molar refractivity (Wildman–Crippen MR) is 118 cm³/mol. The van der Waals surface area contributed by atoms with E-state index in [2.05, 4.69) is 34.5 Å². The Balaban J connectivity index is 0.000000858. The van der Waals surface area contributed by atoms with E-state index in [4.69, 9.17) is 9.90 Å². The van der Waals surface area contributed by atoms with Crippen LogP contribution in [0.5, 0.6) is 0 Å². The van der Waals surface area contributed by atoms with Crippen LogP contribution >= 0.6 is 0 Å². The van der Waals surface area contributed by atoms with Gasteiger partial charge in [0.05, 0.1) is 0 Å². The van der Waals surface area contributed by atoms with Crippen LogP contribution in [-0.4, -0.2) is 83.0 Å². The zero-order valence-electron chi connectivity index (χ0n) is 18.3. The van der Waals surface area contributed by atoms with Crippen molar-refractivity contribution in [3.63, 3.8) is 0 Å². The second-order valence-electron chi connectivity index (χ2n) is 8.78. The Labute approximate surface area is 184 Å². The van der Waals surface area contributed by atoms with Crippen LogP contribution in [0.15, 0.2) is 30.3 Å². The number of rotatable bonds is 3. The number of amides is 3. The van der Waals surface area contributed by atoms with Crippen molar-refractivity contribution in [3.05, 3.63) is 35.9 Å². The molecule has 2 N–H and O–H groups in total. The number of carboxylic acid groups (broad SMARTS) is 1. The van der Waals surface area contributed by atoms with Crippen LogP contribution in [0, 0.1) is 0 Å². The van der Waals surface area contributed by atoms with Crippen LogP contribution in [0.3, 0.4) is 0 Å². The molecule has 31 heavy (non-hydrogen) atoms. The number of carbonyl (C=O) groups excluding carboxylic acids is 2. The minimum absolute atomic E-state index is 0.00875. The van der Waals surface area contributed by atoms with E-state index in [1.54, 1.807) is 0 Å². The van der Waals surface area contributed by atoms with Crippen LogP contribution < -0.4 is 5.32 Å². The van der Waals surface area contributed by atoms with E-state index in [1.807, 2.05) is 22.9 Å². The number of hydrogen-bond acceptors (Lipinski definition) is 4. The summed E-state index contributed by atoms with van der Waals surface area (Å²) < 4.78 is 0. The average Bonchev–Trinajstić information content (AvgIpc) is 3.04. The summed E-state index contributed by atoms with van der Waals surface area (Å²) in [6.07, 6.45) is 5.55. The van der Waals surface area contributed by atoms with Crippen molar-refractivity contribution in [1.82, 2.24) is 20.0 Å². The molecule has 170 valence electrons. The van der Waals surface area contributed by atoms with E-state index in [1.165, 1.54) is 5.56 Å². The molecular formula is C23H34N4O4. The first-order chi connectivity index (χ1) is 15.0. The maximum absolute atomic E-state index is 12.8. The van der Waals surface area contributed by atoms with E-state index < -0.39 is 0 Å². The summed E-state index contributed by atoms with van der Waals surface area (Å²) >= 11 is 0. The Hall–Kier alpha value is -2.61. The van der Waals surface area contributed by atoms with Crippen molar-refractivity contribution in [3.8, 4) is 0 Å². The number of likely N-dealkylation sites (tertiary alicyclic amines) is 3. The van der Waals surface area contributed by atoms with Crippen LogP contribution in [0.1, 0.15) is 44.1 Å². The molecule has 3 heterocycles. The molecule has 0 aliphatic carbocycles. The summed E-state index contributed by atoms with van der Waals surface area (Å²) in [4.78, 5) is 39.4. The number of nitrogens with zero attached hydrogens (tertiary/aromatic N) is 3. The van der Waals surface area contributed by atoms with E-state index in [0.717, 1.165) is 64.8 Å². The fraction of sp³-hybridized carbons (Fsp3) is 0.609. The number of hydrogen-bond donors (Lipinski definition) is 2. The Morgan fingerprint density at radius 2 is 1.87 bits per heavy atom. The van der Waals surface area contributed by atoms with E-state index in [9.17, 15) is 9.59 Å². The first-order valence-corrected chi connectivity index (χ1v) is 11.1. The van der Waals surface area contributed by atoms with Gasteiger partial charge in [-0.15, -0.1) is 0 Å². The summed E-state index contributed by atoms with van der Waals surface area (Å²) in [7, 11) is 1.93. The van der Waals surface area contributed by atoms with Gasteiger partial charge in [-0.2, -0.15) is 0 Å². The van der Waals surface area contributed by atoms with Gasteiger partial charge in [0.1, 0.15) is 0 Å². The van der Waals surface area contributed by atoms with Gasteiger partial charge in [-0.05, 0) is 44.2 Å². The highest BCUT2D eigenvalue weighted by Crippen LogP contribution is 2.37. The molecular weight excluding hydrogens is 396 g/mol. The Morgan fingerprint density at radius 3 is 2.48 bits per heavy atom. The minimum Gasteiger partial charge on any atom is -0.483 e. The second kappa shape index (κ2) is 10.6. The number of carbonyl (C=O) groups is 3. The van der Waals surface area contributed by atoms with E-state index in [-0.39, 0.29) is 30.0 Å². The molecule has 4 rings (SSSR count). The molecule has 3 aliphatic heterocycles. The highest BCUT2D eigenvalue weighted by molar-refractivity contribution is 5.79. The molecule has 1 aromatic rings. The fourth-order valence-corrected chi connectivity index (χ4v) is 5.08. The van der Waals surface area contributed by atoms with Gasteiger partial charge in [-0.1, -0.05) is 30.3 Å². The number of piperidine rings is 2. The maximum atomic E-state index is 12.8. The molecule has 8 heteroatoms. The molecule has 3 aliphatic rings. The van der Waals surface area contributed by atoms with Crippen molar-refractivity contribution < 1.29 is 19.5 Å².